The lowest BCUT2D eigenvalue weighted by molar-refractivity contribution is -0.105. The molecule has 1 aliphatic heterocycles. The van der Waals surface area contributed by atoms with Crippen LogP contribution in [0.5, 0.6) is 0 Å². The summed E-state index contributed by atoms with van der Waals surface area (Å²) in [5.74, 6) is 0.161. The molecule has 5 nitrogen and oxygen atoms in total. The van der Waals surface area contributed by atoms with Gasteiger partial charge >= 0.3 is 0 Å². The van der Waals surface area contributed by atoms with E-state index < -0.39 is 0 Å². The highest BCUT2D eigenvalue weighted by Gasteiger charge is 2.13. The molecule has 0 spiro atoms. The largest absolute Gasteiger partial charge is 0.379 e. The standard InChI is InChI=1S/C18H20N2O3/c21-13-19-17-4-3-14-11-16(2-1-15(14)12-17)18(22)5-6-20-7-9-23-10-8-20/h1-4,11-13H,5-10H2,(H,19,21). The Morgan fingerprint density at radius 3 is 2.65 bits per heavy atom. The van der Waals surface area contributed by atoms with E-state index in [-0.39, 0.29) is 5.78 Å². The molecule has 1 amide bonds. The Morgan fingerprint density at radius 2 is 1.87 bits per heavy atom. The number of hydrogen-bond acceptors (Lipinski definition) is 4. The second-order valence-electron chi connectivity index (χ2n) is 5.67. The minimum atomic E-state index is 0.161. The molecule has 1 heterocycles. The molecule has 1 aliphatic rings. The molecular weight excluding hydrogens is 292 g/mol. The summed E-state index contributed by atoms with van der Waals surface area (Å²) in [6, 6.07) is 11.3. The van der Waals surface area contributed by atoms with E-state index in [0.717, 1.165) is 54.9 Å². The molecule has 1 N–H and O–H groups in total. The number of morpholine rings is 1. The summed E-state index contributed by atoms with van der Waals surface area (Å²) in [6.07, 6.45) is 1.18. The summed E-state index contributed by atoms with van der Waals surface area (Å²) < 4.78 is 5.31. The first-order valence-corrected chi connectivity index (χ1v) is 7.83. The number of benzene rings is 2. The molecule has 3 rings (SSSR count). The van der Waals surface area contributed by atoms with E-state index in [0.29, 0.717) is 12.8 Å². The van der Waals surface area contributed by atoms with Crippen LogP contribution in [-0.2, 0) is 9.53 Å². The van der Waals surface area contributed by atoms with Crippen molar-refractivity contribution in [3.05, 3.63) is 42.0 Å². The summed E-state index contributed by atoms with van der Waals surface area (Å²) in [7, 11) is 0. The summed E-state index contributed by atoms with van der Waals surface area (Å²) >= 11 is 0. The van der Waals surface area contributed by atoms with Crippen molar-refractivity contribution in [3.63, 3.8) is 0 Å². The first-order chi connectivity index (χ1) is 11.3. The number of nitrogens with one attached hydrogen (secondary N) is 1. The maximum atomic E-state index is 12.4. The fraction of sp³-hybridized carbons (Fsp3) is 0.333. The Morgan fingerprint density at radius 1 is 1.13 bits per heavy atom. The fourth-order valence-electron chi connectivity index (χ4n) is 2.81. The number of ketones is 1. The van der Waals surface area contributed by atoms with Crippen molar-refractivity contribution in [1.82, 2.24) is 4.90 Å². The van der Waals surface area contributed by atoms with Crippen molar-refractivity contribution in [2.45, 2.75) is 6.42 Å². The number of amides is 1. The number of carbonyl (C=O) groups excluding carboxylic acids is 2. The van der Waals surface area contributed by atoms with Gasteiger partial charge in [0.15, 0.2) is 5.78 Å². The predicted molar refractivity (Wildman–Crippen MR) is 89.8 cm³/mol. The van der Waals surface area contributed by atoms with Gasteiger partial charge in [-0.2, -0.15) is 0 Å². The van der Waals surface area contributed by atoms with Crippen LogP contribution in [0, 0.1) is 0 Å². The number of Topliss-reactive ketones (excluding diaryl/α,β-unsaturated/α-hetero) is 1. The number of rotatable bonds is 6. The van der Waals surface area contributed by atoms with Crippen molar-refractivity contribution in [2.75, 3.05) is 38.2 Å². The van der Waals surface area contributed by atoms with Gasteiger partial charge in [-0.05, 0) is 29.0 Å². The van der Waals surface area contributed by atoms with Gasteiger partial charge in [-0.25, -0.2) is 0 Å². The minimum Gasteiger partial charge on any atom is -0.379 e. The molecule has 0 aliphatic carbocycles. The van der Waals surface area contributed by atoms with Crippen LogP contribution in [0.15, 0.2) is 36.4 Å². The highest BCUT2D eigenvalue weighted by atomic mass is 16.5. The lowest BCUT2D eigenvalue weighted by atomic mass is 10.0. The molecular formula is C18H20N2O3. The van der Waals surface area contributed by atoms with E-state index in [1.807, 2.05) is 36.4 Å². The third-order valence-electron chi connectivity index (χ3n) is 4.15. The van der Waals surface area contributed by atoms with Crippen LogP contribution >= 0.6 is 0 Å². The normalized spacial score (nSPS) is 15.5. The minimum absolute atomic E-state index is 0.161. The van der Waals surface area contributed by atoms with E-state index in [1.165, 1.54) is 0 Å². The van der Waals surface area contributed by atoms with Crippen molar-refractivity contribution in [1.29, 1.82) is 0 Å². The average Bonchev–Trinajstić information content (AvgIpc) is 2.60. The first kappa shape index (κ1) is 15.6. The summed E-state index contributed by atoms with van der Waals surface area (Å²) in [4.78, 5) is 25.1. The number of hydrogen-bond donors (Lipinski definition) is 1. The highest BCUT2D eigenvalue weighted by molar-refractivity contribution is 6.00. The zero-order valence-electron chi connectivity index (χ0n) is 13.0. The zero-order valence-corrected chi connectivity index (χ0v) is 13.0. The van der Waals surface area contributed by atoms with Gasteiger partial charge in [-0.1, -0.05) is 18.2 Å². The van der Waals surface area contributed by atoms with Crippen LogP contribution < -0.4 is 5.32 Å². The zero-order chi connectivity index (χ0) is 16.1. The number of anilines is 1. The molecule has 2 aromatic carbocycles. The van der Waals surface area contributed by atoms with E-state index >= 15 is 0 Å². The molecule has 0 saturated carbocycles. The molecule has 0 radical (unpaired) electrons. The van der Waals surface area contributed by atoms with E-state index in [1.54, 1.807) is 0 Å². The van der Waals surface area contributed by atoms with Crippen LogP contribution in [0.4, 0.5) is 5.69 Å². The monoisotopic (exact) mass is 312 g/mol. The van der Waals surface area contributed by atoms with Gasteiger partial charge in [0.05, 0.1) is 13.2 Å². The highest BCUT2D eigenvalue weighted by Crippen LogP contribution is 2.21. The average molecular weight is 312 g/mol. The van der Waals surface area contributed by atoms with Crippen LogP contribution in [0.1, 0.15) is 16.8 Å². The summed E-state index contributed by atoms with van der Waals surface area (Å²) in [5, 5.41) is 4.63. The van der Waals surface area contributed by atoms with Gasteiger partial charge in [-0.15, -0.1) is 0 Å². The van der Waals surface area contributed by atoms with Gasteiger partial charge in [0, 0.05) is 37.3 Å². The van der Waals surface area contributed by atoms with Crippen LogP contribution in [-0.4, -0.2) is 49.9 Å². The molecule has 0 atom stereocenters. The SMILES string of the molecule is O=CNc1ccc2cc(C(=O)CCN3CCOCC3)ccc2c1. The Bertz CT molecular complexity index is 708. The quantitative estimate of drug-likeness (QED) is 0.657. The van der Waals surface area contributed by atoms with Gasteiger partial charge in [0.2, 0.25) is 6.41 Å². The first-order valence-electron chi connectivity index (χ1n) is 7.83. The van der Waals surface area contributed by atoms with Gasteiger partial charge in [0.1, 0.15) is 0 Å². The number of ether oxygens (including phenoxy) is 1. The molecule has 23 heavy (non-hydrogen) atoms. The lowest BCUT2D eigenvalue weighted by Crippen LogP contribution is -2.37. The maximum absolute atomic E-state index is 12.4. The molecule has 1 fully saturated rings. The second kappa shape index (κ2) is 7.35. The van der Waals surface area contributed by atoms with Gasteiger partial charge in [0.25, 0.3) is 0 Å². The van der Waals surface area contributed by atoms with Crippen molar-refractivity contribution in [3.8, 4) is 0 Å². The van der Waals surface area contributed by atoms with Crippen LogP contribution in [0.3, 0.4) is 0 Å². The Hall–Kier alpha value is -2.24. The summed E-state index contributed by atoms with van der Waals surface area (Å²) in [6.45, 7) is 4.08. The second-order valence-corrected chi connectivity index (χ2v) is 5.67. The van der Waals surface area contributed by atoms with Crippen LogP contribution in [0.25, 0.3) is 10.8 Å². The van der Waals surface area contributed by atoms with Crippen LogP contribution in [0.2, 0.25) is 0 Å². The molecule has 2 aromatic rings. The Balaban J connectivity index is 1.68. The maximum Gasteiger partial charge on any atom is 0.211 e. The smallest absolute Gasteiger partial charge is 0.211 e. The molecule has 120 valence electrons. The summed E-state index contributed by atoms with van der Waals surface area (Å²) in [5.41, 5.74) is 1.49. The molecule has 5 heteroatoms. The molecule has 0 aromatic heterocycles. The topological polar surface area (TPSA) is 58.6 Å². The number of carbonyl (C=O) groups is 2. The predicted octanol–water partition coefficient (Wildman–Crippen LogP) is 2.31. The molecule has 0 unspecified atom stereocenters. The Kier molecular flexibility index (Phi) is 5.00. The Labute approximate surface area is 135 Å². The third kappa shape index (κ3) is 3.94. The fourth-order valence-corrected chi connectivity index (χ4v) is 2.81. The molecule has 0 bridgehead atoms. The lowest BCUT2D eigenvalue weighted by Gasteiger charge is -2.26. The van der Waals surface area contributed by atoms with E-state index in [2.05, 4.69) is 10.2 Å². The van der Waals surface area contributed by atoms with E-state index in [9.17, 15) is 9.59 Å². The number of fused-ring (bicyclic) bond motifs is 1. The number of nitrogens with zero attached hydrogens (tertiary/aromatic N) is 1. The van der Waals surface area contributed by atoms with Crippen molar-refractivity contribution in [2.24, 2.45) is 0 Å². The van der Waals surface area contributed by atoms with Crippen molar-refractivity contribution >= 4 is 28.7 Å². The van der Waals surface area contributed by atoms with E-state index in [4.69, 9.17) is 4.74 Å². The molecule has 1 saturated heterocycles. The van der Waals surface area contributed by atoms with Crippen molar-refractivity contribution < 1.29 is 14.3 Å². The third-order valence-corrected chi connectivity index (χ3v) is 4.15. The van der Waals surface area contributed by atoms with Gasteiger partial charge in [-0.3, -0.25) is 14.5 Å². The van der Waals surface area contributed by atoms with Gasteiger partial charge < -0.3 is 10.1 Å².